The highest BCUT2D eigenvalue weighted by Gasteiger charge is 2.64. The first kappa shape index (κ1) is 32.7. The van der Waals surface area contributed by atoms with E-state index >= 15 is 0 Å². The van der Waals surface area contributed by atoms with Gasteiger partial charge in [-0.3, -0.25) is 24.2 Å². The molecule has 10 nitrogen and oxygen atoms in total. The van der Waals surface area contributed by atoms with Gasteiger partial charge in [0.2, 0.25) is 5.78 Å². The fourth-order valence-corrected chi connectivity index (χ4v) is 7.31. The number of nitrogens with zero attached hydrogens (tertiary/aromatic N) is 2. The van der Waals surface area contributed by atoms with E-state index in [0.717, 1.165) is 49.9 Å². The quantitative estimate of drug-likeness (QED) is 0.240. The first-order chi connectivity index (χ1) is 20.2. The van der Waals surface area contributed by atoms with Crippen molar-refractivity contribution < 1.29 is 34.8 Å². The molecule has 1 aromatic rings. The summed E-state index contributed by atoms with van der Waals surface area (Å²) in [6, 6.07) is 0.902. The van der Waals surface area contributed by atoms with Crippen molar-refractivity contribution in [3.63, 3.8) is 0 Å². The number of likely N-dealkylation sites (N-methyl/N-ethyl adjacent to an activating group) is 1. The van der Waals surface area contributed by atoms with Crippen LogP contribution >= 0.6 is 0 Å². The number of hydrogen-bond acceptors (Lipinski definition) is 9. The number of Topliss-reactive ketones (excluding diaryl/α,β-unsaturated/α-hetero) is 2. The summed E-state index contributed by atoms with van der Waals surface area (Å²) in [4.78, 5) is 43.5. The molecule has 4 atom stereocenters. The average Bonchev–Trinajstić information content (AvgIpc) is 2.92. The smallest absolute Gasteiger partial charge is 0.255 e. The highest BCUT2D eigenvalue weighted by Crippen LogP contribution is 2.53. The van der Waals surface area contributed by atoms with E-state index in [2.05, 4.69) is 18.7 Å². The zero-order valence-corrected chi connectivity index (χ0v) is 26.2. The summed E-state index contributed by atoms with van der Waals surface area (Å²) in [6.45, 7) is 10.6. The van der Waals surface area contributed by atoms with Gasteiger partial charge in [-0.15, -0.1) is 0 Å². The van der Waals surface area contributed by atoms with Crippen LogP contribution in [0.5, 0.6) is 5.75 Å². The average molecular weight is 598 g/mol. The van der Waals surface area contributed by atoms with Gasteiger partial charge >= 0.3 is 0 Å². The number of aromatic hydroxyl groups is 1. The van der Waals surface area contributed by atoms with Crippen LogP contribution in [-0.4, -0.2) is 86.5 Å². The lowest BCUT2D eigenvalue weighted by molar-refractivity contribution is -0.153. The predicted octanol–water partition coefficient (Wildman–Crippen LogP) is 3.49. The van der Waals surface area contributed by atoms with Gasteiger partial charge in [0, 0.05) is 23.6 Å². The normalized spacial score (nSPS) is 25.5. The van der Waals surface area contributed by atoms with E-state index in [4.69, 9.17) is 5.73 Å². The Labute approximate surface area is 253 Å². The number of phenolic OH excluding ortho intramolecular Hbond substituents is 1. The number of rotatable bonds is 11. The molecule has 3 aliphatic carbocycles. The van der Waals surface area contributed by atoms with Gasteiger partial charge in [-0.1, -0.05) is 46.6 Å². The van der Waals surface area contributed by atoms with E-state index < -0.39 is 58.0 Å². The van der Waals surface area contributed by atoms with Crippen molar-refractivity contribution in [2.75, 3.05) is 27.2 Å². The Hall–Kier alpha value is -3.21. The molecule has 4 rings (SSSR count). The molecule has 1 unspecified atom stereocenters. The predicted molar refractivity (Wildman–Crippen MR) is 163 cm³/mol. The third kappa shape index (κ3) is 5.38. The maximum atomic E-state index is 14.2. The van der Waals surface area contributed by atoms with Crippen LogP contribution in [0.15, 0.2) is 23.0 Å². The molecule has 1 fully saturated rings. The second-order valence-corrected chi connectivity index (χ2v) is 12.9. The second kappa shape index (κ2) is 12.4. The van der Waals surface area contributed by atoms with Crippen LogP contribution in [-0.2, 0) is 27.3 Å². The lowest BCUT2D eigenvalue weighted by Crippen LogP contribution is -2.65. The Balaban J connectivity index is 1.90. The number of benzene rings is 1. The zero-order chi connectivity index (χ0) is 32.0. The van der Waals surface area contributed by atoms with Crippen molar-refractivity contribution in [2.45, 2.75) is 90.3 Å². The number of amides is 1. The molecule has 10 heteroatoms. The van der Waals surface area contributed by atoms with Gasteiger partial charge in [-0.05, 0) is 75.8 Å². The van der Waals surface area contributed by atoms with Gasteiger partial charge in [0.15, 0.2) is 11.4 Å². The minimum atomic E-state index is -2.64. The maximum Gasteiger partial charge on any atom is 0.255 e. The summed E-state index contributed by atoms with van der Waals surface area (Å²) in [5.41, 5.74) is 4.35. The van der Waals surface area contributed by atoms with Crippen LogP contribution < -0.4 is 5.73 Å². The number of nitrogens with two attached hydrogens (primary N) is 1. The summed E-state index contributed by atoms with van der Waals surface area (Å²) in [5, 5.41) is 46.3. The fraction of sp³-hybridized carbons (Fsp3) is 0.606. The summed E-state index contributed by atoms with van der Waals surface area (Å²) < 4.78 is 0. The maximum absolute atomic E-state index is 14.2. The first-order valence-electron chi connectivity index (χ1n) is 15.5. The van der Waals surface area contributed by atoms with Crippen LogP contribution in [0, 0.1) is 11.8 Å². The van der Waals surface area contributed by atoms with Crippen molar-refractivity contribution in [1.29, 1.82) is 0 Å². The van der Waals surface area contributed by atoms with Crippen molar-refractivity contribution in [1.82, 2.24) is 9.80 Å². The van der Waals surface area contributed by atoms with E-state index in [1.165, 1.54) is 4.90 Å². The van der Waals surface area contributed by atoms with E-state index in [1.807, 2.05) is 19.9 Å². The Bertz CT molecular complexity index is 1370. The van der Waals surface area contributed by atoms with Gasteiger partial charge in [0.25, 0.3) is 5.91 Å². The Morgan fingerprint density at radius 1 is 1.09 bits per heavy atom. The molecule has 1 saturated carbocycles. The number of fused-ring (bicyclic) bond motifs is 3. The first-order valence-corrected chi connectivity index (χ1v) is 15.5. The van der Waals surface area contributed by atoms with Crippen LogP contribution in [0.2, 0.25) is 0 Å². The molecular weight excluding hydrogens is 550 g/mol. The molecule has 0 aromatic heterocycles. The molecule has 6 N–H and O–H groups in total. The Morgan fingerprint density at radius 3 is 2.21 bits per heavy atom. The number of aliphatic hydroxyl groups is 3. The summed E-state index contributed by atoms with van der Waals surface area (Å²) in [7, 11) is 3.18. The van der Waals surface area contributed by atoms with Gasteiger partial charge in [0.05, 0.1) is 11.6 Å². The van der Waals surface area contributed by atoms with Crippen LogP contribution in [0.4, 0.5) is 0 Å². The van der Waals surface area contributed by atoms with Crippen LogP contribution in [0.25, 0.3) is 5.76 Å². The molecule has 1 amide bonds. The van der Waals surface area contributed by atoms with E-state index in [0.29, 0.717) is 18.5 Å². The Kier molecular flexibility index (Phi) is 9.44. The molecule has 0 radical (unpaired) electrons. The monoisotopic (exact) mass is 597 g/mol. The van der Waals surface area contributed by atoms with Crippen LogP contribution in [0.1, 0.15) is 88.0 Å². The second-order valence-electron chi connectivity index (χ2n) is 12.9. The van der Waals surface area contributed by atoms with Crippen molar-refractivity contribution >= 4 is 23.2 Å². The zero-order valence-electron chi connectivity index (χ0n) is 26.2. The SMILES string of the molecule is CCCCN(CCCC)Cc1cc(C(C)C)c2c(c1O)C(O)=C1C(=O)[C@]3(O)C(O)=C(C(N)=O)C(=O)C(N(C)C)[C@@H]3C[C@@H]1C2. The molecular formula is C33H47N3O7. The third-order valence-corrected chi connectivity index (χ3v) is 9.51. The third-order valence-electron chi connectivity index (χ3n) is 9.51. The summed E-state index contributed by atoms with van der Waals surface area (Å²) in [6.07, 6.45) is 4.47. The number of ketones is 2. The van der Waals surface area contributed by atoms with E-state index in [1.54, 1.807) is 14.1 Å². The number of carbonyl (C=O) groups excluding carboxylic acids is 3. The molecule has 43 heavy (non-hydrogen) atoms. The highest BCUT2D eigenvalue weighted by atomic mass is 16.3. The number of unbranched alkanes of at least 4 members (excludes halogenated alkanes) is 2. The van der Waals surface area contributed by atoms with Crippen molar-refractivity contribution in [3.8, 4) is 5.75 Å². The molecule has 0 aliphatic heterocycles. The molecule has 0 bridgehead atoms. The van der Waals surface area contributed by atoms with Crippen molar-refractivity contribution in [2.24, 2.45) is 17.6 Å². The van der Waals surface area contributed by atoms with Gasteiger partial charge in [-0.25, -0.2) is 0 Å². The number of phenols is 1. The van der Waals surface area contributed by atoms with Crippen LogP contribution in [0.3, 0.4) is 0 Å². The highest BCUT2D eigenvalue weighted by molar-refractivity contribution is 6.24. The van der Waals surface area contributed by atoms with Gasteiger partial charge in [-0.2, -0.15) is 0 Å². The number of hydrogen-bond donors (Lipinski definition) is 5. The molecule has 1 aromatic carbocycles. The van der Waals surface area contributed by atoms with E-state index in [9.17, 15) is 34.8 Å². The fourth-order valence-electron chi connectivity index (χ4n) is 7.31. The molecule has 0 heterocycles. The van der Waals surface area contributed by atoms with Gasteiger partial charge < -0.3 is 26.2 Å². The number of primary amides is 1. The molecule has 0 spiro atoms. The topological polar surface area (TPSA) is 165 Å². The summed E-state index contributed by atoms with van der Waals surface area (Å²) in [5.74, 6) is -6.24. The number of carbonyl (C=O) groups is 3. The minimum Gasteiger partial charge on any atom is -0.508 e. The van der Waals surface area contributed by atoms with Crippen molar-refractivity contribution in [3.05, 3.63) is 45.2 Å². The van der Waals surface area contributed by atoms with Gasteiger partial charge in [0.1, 0.15) is 22.8 Å². The molecule has 236 valence electrons. The standard InChI is InChI=1S/C33H47N3O7/c1-7-9-11-36(12-10-8-2)16-19-14-20(17(3)4)21-13-18-15-22-26(35(5)6)29(39)25(32(34)42)31(41)33(22,43)30(40)23(18)28(38)24(21)27(19)37/h14,17-18,22,26,37-38,41,43H,7-13,15-16H2,1-6H3,(H2,34,42)/t18-,22-,26?,33-/m0/s1. The summed E-state index contributed by atoms with van der Waals surface area (Å²) >= 11 is 0. The Morgan fingerprint density at radius 2 is 1.70 bits per heavy atom. The molecule has 0 saturated heterocycles. The van der Waals surface area contributed by atoms with E-state index in [-0.39, 0.29) is 29.2 Å². The lowest BCUT2D eigenvalue weighted by Gasteiger charge is -2.50. The lowest BCUT2D eigenvalue weighted by atomic mass is 9.57. The molecule has 3 aliphatic rings. The largest absolute Gasteiger partial charge is 0.508 e. The number of aliphatic hydroxyl groups excluding tert-OH is 2. The minimum absolute atomic E-state index is 0.0503.